The molecule has 21 heavy (non-hydrogen) atoms. The van der Waals surface area contributed by atoms with Gasteiger partial charge in [-0.3, -0.25) is 5.10 Å². The molecule has 0 radical (unpaired) electrons. The lowest BCUT2D eigenvalue weighted by Crippen LogP contribution is -2.16. The quantitative estimate of drug-likeness (QED) is 0.576. The molecule has 0 unspecified atom stereocenters. The number of nitrogens with two attached hydrogens (primary N) is 1. The van der Waals surface area contributed by atoms with Crippen LogP contribution in [0.5, 0.6) is 0 Å². The van der Waals surface area contributed by atoms with E-state index in [1.165, 1.54) is 0 Å². The van der Waals surface area contributed by atoms with E-state index in [-0.39, 0.29) is 5.95 Å². The molecule has 0 aliphatic heterocycles. The van der Waals surface area contributed by atoms with E-state index in [2.05, 4.69) is 25.5 Å². The van der Waals surface area contributed by atoms with Gasteiger partial charge in [-0.25, -0.2) is 4.98 Å². The molecule has 0 spiro atoms. The Balaban J connectivity index is 2.05. The second-order valence-corrected chi connectivity index (χ2v) is 4.86. The summed E-state index contributed by atoms with van der Waals surface area (Å²) in [5, 5.41) is 20.2. The maximum atomic E-state index is 9.38. The first-order chi connectivity index (χ1) is 10.1. The lowest BCUT2D eigenvalue weighted by Gasteiger charge is -2.11. The van der Waals surface area contributed by atoms with Crippen LogP contribution in [0.4, 0.5) is 11.8 Å². The van der Waals surface area contributed by atoms with Crippen LogP contribution in [0, 0.1) is 0 Å². The number of H-pyrrole nitrogens is 1. The molecule has 0 aliphatic carbocycles. The highest BCUT2D eigenvalue weighted by molar-refractivity contribution is 5.92. The van der Waals surface area contributed by atoms with Crippen molar-refractivity contribution < 1.29 is 5.11 Å². The van der Waals surface area contributed by atoms with Gasteiger partial charge in [-0.2, -0.15) is 10.1 Å². The third kappa shape index (κ3) is 2.77. The first-order valence-electron chi connectivity index (χ1n) is 6.62. The summed E-state index contributed by atoms with van der Waals surface area (Å²) < 4.78 is 0. The fraction of sp³-hybridized carbons (Fsp3) is 0.214. The number of rotatable bonds is 4. The van der Waals surface area contributed by atoms with E-state index >= 15 is 0 Å². The summed E-state index contributed by atoms with van der Waals surface area (Å²) in [7, 11) is 0. The Morgan fingerprint density at radius 2 is 2.19 bits per heavy atom. The zero-order valence-corrected chi connectivity index (χ0v) is 11.5. The van der Waals surface area contributed by atoms with Gasteiger partial charge in [-0.1, -0.05) is 6.07 Å². The standard InChI is InChI=1S/C14H16N6O/c1-8(21)7-16-13-10-3-2-9(11-4-5-17-20-11)6-12(10)18-14(15)19-13/h2-6,8,21H,7H2,1H3,(H,17,20)(H3,15,16,18,19)/t8-/m1/s1. The summed E-state index contributed by atoms with van der Waals surface area (Å²) in [4.78, 5) is 8.45. The van der Waals surface area contributed by atoms with Gasteiger partial charge in [-0.15, -0.1) is 0 Å². The lowest BCUT2D eigenvalue weighted by atomic mass is 10.1. The minimum atomic E-state index is -0.472. The number of aliphatic hydroxyl groups excluding tert-OH is 1. The van der Waals surface area contributed by atoms with Crippen molar-refractivity contribution in [2.24, 2.45) is 0 Å². The van der Waals surface area contributed by atoms with E-state index in [0.29, 0.717) is 12.4 Å². The largest absolute Gasteiger partial charge is 0.392 e. The van der Waals surface area contributed by atoms with Gasteiger partial charge in [0.25, 0.3) is 0 Å². The molecule has 7 heteroatoms. The van der Waals surface area contributed by atoms with Crippen LogP contribution < -0.4 is 11.1 Å². The van der Waals surface area contributed by atoms with Crippen LogP contribution in [-0.4, -0.2) is 37.9 Å². The van der Waals surface area contributed by atoms with Crippen molar-refractivity contribution in [1.82, 2.24) is 20.2 Å². The highest BCUT2D eigenvalue weighted by Gasteiger charge is 2.09. The van der Waals surface area contributed by atoms with Crippen LogP contribution in [-0.2, 0) is 0 Å². The minimum Gasteiger partial charge on any atom is -0.392 e. The molecular weight excluding hydrogens is 268 g/mol. The molecule has 0 fully saturated rings. The van der Waals surface area contributed by atoms with Crippen LogP contribution in [0.2, 0.25) is 0 Å². The highest BCUT2D eigenvalue weighted by Crippen LogP contribution is 2.26. The van der Waals surface area contributed by atoms with Gasteiger partial charge in [0.05, 0.1) is 17.3 Å². The molecule has 108 valence electrons. The SMILES string of the molecule is C[C@@H](O)CNc1nc(N)nc2cc(-c3ccn[nH]3)ccc12. The molecule has 0 amide bonds. The Kier molecular flexibility index (Phi) is 3.41. The fourth-order valence-electron chi connectivity index (χ4n) is 2.11. The zero-order valence-electron chi connectivity index (χ0n) is 11.5. The second kappa shape index (κ2) is 5.37. The molecule has 0 saturated heterocycles. The molecule has 7 nitrogen and oxygen atoms in total. The maximum Gasteiger partial charge on any atom is 0.222 e. The summed E-state index contributed by atoms with van der Waals surface area (Å²) in [6.45, 7) is 2.10. The number of nitrogen functional groups attached to an aromatic ring is 1. The van der Waals surface area contributed by atoms with Crippen molar-refractivity contribution in [3.05, 3.63) is 30.5 Å². The predicted molar refractivity (Wildman–Crippen MR) is 81.7 cm³/mol. The summed E-state index contributed by atoms with van der Waals surface area (Å²) in [5.41, 5.74) is 8.38. The van der Waals surface area contributed by atoms with Gasteiger partial charge in [-0.05, 0) is 25.1 Å². The molecule has 0 bridgehead atoms. The summed E-state index contributed by atoms with van der Waals surface area (Å²) in [5.74, 6) is 0.812. The van der Waals surface area contributed by atoms with Crippen LogP contribution in [0.3, 0.4) is 0 Å². The Morgan fingerprint density at radius 3 is 2.90 bits per heavy atom. The number of aromatic amines is 1. The number of anilines is 2. The number of aromatic nitrogens is 4. The van der Waals surface area contributed by atoms with E-state index in [4.69, 9.17) is 5.73 Å². The number of fused-ring (bicyclic) bond motifs is 1. The molecule has 0 saturated carbocycles. The molecule has 5 N–H and O–H groups in total. The van der Waals surface area contributed by atoms with Crippen LogP contribution in [0.1, 0.15) is 6.92 Å². The Bertz CT molecular complexity index is 754. The topological polar surface area (TPSA) is 113 Å². The lowest BCUT2D eigenvalue weighted by molar-refractivity contribution is 0.208. The van der Waals surface area contributed by atoms with E-state index in [0.717, 1.165) is 22.2 Å². The molecule has 1 aromatic carbocycles. The molecule has 2 heterocycles. The minimum absolute atomic E-state index is 0.192. The van der Waals surface area contributed by atoms with Gasteiger partial charge in [0, 0.05) is 23.7 Å². The van der Waals surface area contributed by atoms with Crippen molar-refractivity contribution in [3.8, 4) is 11.3 Å². The smallest absolute Gasteiger partial charge is 0.222 e. The maximum absolute atomic E-state index is 9.38. The number of hydrogen-bond donors (Lipinski definition) is 4. The number of nitrogens with zero attached hydrogens (tertiary/aromatic N) is 3. The van der Waals surface area contributed by atoms with Crippen molar-refractivity contribution >= 4 is 22.7 Å². The molecule has 2 aromatic heterocycles. The molecule has 0 aliphatic rings. The Labute approximate surface area is 121 Å². The van der Waals surface area contributed by atoms with Crippen molar-refractivity contribution in [2.45, 2.75) is 13.0 Å². The number of aliphatic hydroxyl groups is 1. The fourth-order valence-corrected chi connectivity index (χ4v) is 2.11. The molecule has 1 atom stereocenters. The molecule has 3 rings (SSSR count). The third-order valence-corrected chi connectivity index (χ3v) is 3.09. The van der Waals surface area contributed by atoms with Gasteiger partial charge in [0.15, 0.2) is 0 Å². The van der Waals surface area contributed by atoms with Crippen LogP contribution in [0.25, 0.3) is 22.2 Å². The van der Waals surface area contributed by atoms with Crippen molar-refractivity contribution in [3.63, 3.8) is 0 Å². The van der Waals surface area contributed by atoms with Crippen LogP contribution >= 0.6 is 0 Å². The van der Waals surface area contributed by atoms with Gasteiger partial charge in [0.2, 0.25) is 5.95 Å². The van der Waals surface area contributed by atoms with Crippen molar-refractivity contribution in [1.29, 1.82) is 0 Å². The van der Waals surface area contributed by atoms with E-state index < -0.39 is 6.10 Å². The van der Waals surface area contributed by atoms with Crippen LogP contribution in [0.15, 0.2) is 30.5 Å². The average molecular weight is 284 g/mol. The summed E-state index contributed by atoms with van der Waals surface area (Å²) >= 11 is 0. The third-order valence-electron chi connectivity index (χ3n) is 3.09. The zero-order chi connectivity index (χ0) is 14.8. The Morgan fingerprint density at radius 1 is 1.33 bits per heavy atom. The summed E-state index contributed by atoms with van der Waals surface area (Å²) in [6, 6.07) is 7.70. The highest BCUT2D eigenvalue weighted by atomic mass is 16.3. The predicted octanol–water partition coefficient (Wildman–Crippen LogP) is 1.39. The summed E-state index contributed by atoms with van der Waals surface area (Å²) in [6.07, 6.45) is 1.23. The second-order valence-electron chi connectivity index (χ2n) is 4.86. The number of hydrogen-bond acceptors (Lipinski definition) is 6. The first-order valence-corrected chi connectivity index (χ1v) is 6.62. The van der Waals surface area contributed by atoms with Gasteiger partial charge < -0.3 is 16.2 Å². The molecule has 3 aromatic rings. The molecular formula is C14H16N6O. The average Bonchev–Trinajstić information content (AvgIpc) is 2.98. The number of benzene rings is 1. The normalized spacial score (nSPS) is 12.5. The van der Waals surface area contributed by atoms with E-state index in [1.54, 1.807) is 13.1 Å². The van der Waals surface area contributed by atoms with Crippen molar-refractivity contribution in [2.75, 3.05) is 17.6 Å². The first kappa shape index (κ1) is 13.3. The van der Waals surface area contributed by atoms with Gasteiger partial charge in [0.1, 0.15) is 5.82 Å². The van der Waals surface area contributed by atoms with E-state index in [1.807, 2.05) is 24.3 Å². The number of nitrogens with one attached hydrogen (secondary N) is 2. The van der Waals surface area contributed by atoms with E-state index in [9.17, 15) is 5.11 Å². The Hall–Kier alpha value is -2.67. The monoisotopic (exact) mass is 284 g/mol. The van der Waals surface area contributed by atoms with Gasteiger partial charge >= 0.3 is 0 Å².